The van der Waals surface area contributed by atoms with Crippen molar-refractivity contribution in [3.63, 3.8) is 0 Å². The van der Waals surface area contributed by atoms with Crippen LogP contribution in [0.3, 0.4) is 0 Å². The van der Waals surface area contributed by atoms with E-state index in [9.17, 15) is 0 Å². The van der Waals surface area contributed by atoms with Crippen LogP contribution in [-0.2, 0) is 5.41 Å². The van der Waals surface area contributed by atoms with Gasteiger partial charge < -0.3 is 4.90 Å². The fourth-order valence-corrected chi connectivity index (χ4v) is 11.4. The van der Waals surface area contributed by atoms with Gasteiger partial charge in [-0.2, -0.15) is 0 Å². The van der Waals surface area contributed by atoms with Crippen molar-refractivity contribution in [1.29, 1.82) is 0 Å². The molecule has 308 valence electrons. The number of thiophene rings is 1. The molecular weight excluding hydrogens is 803 g/mol. The van der Waals surface area contributed by atoms with Gasteiger partial charge in [-0.1, -0.05) is 199 Å². The van der Waals surface area contributed by atoms with E-state index in [-0.39, 0.29) is 0 Å². The Labute approximate surface area is 385 Å². The fourth-order valence-electron chi connectivity index (χ4n) is 10.3. The number of anilines is 3. The lowest BCUT2D eigenvalue weighted by atomic mass is 9.67. The highest BCUT2D eigenvalue weighted by Gasteiger charge is 2.46. The fraction of sp³-hybridized carbons (Fsp3) is 0.0476. The summed E-state index contributed by atoms with van der Waals surface area (Å²) >= 11 is 1.86. The molecule has 0 amide bonds. The standard InChI is InChI=1S/C63H45NS/c1-42-20-31-49(32-21-42)63(50-33-22-43(2)23-34-50)58-17-9-6-15-54(58)55-38-37-52(41-59(55)63)64(60-18-10-7-14-53(60)47-26-24-45(25-27-47)44-12-4-3-5-13-44)51-35-28-46(29-36-51)48-30-39-62-57(40-48)56-16-8-11-19-61(56)65-62/h3-41H,1-2H3. The predicted octanol–water partition coefficient (Wildman–Crippen LogP) is 17.5. The second-order valence-electron chi connectivity index (χ2n) is 17.4. The topological polar surface area (TPSA) is 3.24 Å². The average molecular weight is 848 g/mol. The average Bonchev–Trinajstić information content (AvgIpc) is 3.88. The lowest BCUT2D eigenvalue weighted by Gasteiger charge is -2.35. The highest BCUT2D eigenvalue weighted by atomic mass is 32.1. The monoisotopic (exact) mass is 847 g/mol. The number of hydrogen-bond acceptors (Lipinski definition) is 2. The van der Waals surface area contributed by atoms with Crippen LogP contribution in [0, 0.1) is 13.8 Å². The number of fused-ring (bicyclic) bond motifs is 6. The Morgan fingerprint density at radius 2 is 0.862 bits per heavy atom. The van der Waals surface area contributed by atoms with Crippen molar-refractivity contribution in [2.75, 3.05) is 4.90 Å². The lowest BCUT2D eigenvalue weighted by Crippen LogP contribution is -2.29. The van der Waals surface area contributed by atoms with Crippen LogP contribution < -0.4 is 4.90 Å². The van der Waals surface area contributed by atoms with E-state index in [1.54, 1.807) is 0 Å². The number of para-hydroxylation sites is 1. The minimum Gasteiger partial charge on any atom is -0.310 e. The van der Waals surface area contributed by atoms with Gasteiger partial charge in [0.05, 0.1) is 11.1 Å². The maximum absolute atomic E-state index is 2.48. The summed E-state index contributed by atoms with van der Waals surface area (Å²) in [7, 11) is 0. The molecule has 11 aromatic rings. The first-order valence-electron chi connectivity index (χ1n) is 22.5. The maximum Gasteiger partial charge on any atom is 0.0714 e. The van der Waals surface area contributed by atoms with Gasteiger partial charge in [-0.05, 0) is 124 Å². The zero-order valence-electron chi connectivity index (χ0n) is 36.4. The minimum atomic E-state index is -0.532. The van der Waals surface area contributed by atoms with Crippen LogP contribution in [0.2, 0.25) is 0 Å². The van der Waals surface area contributed by atoms with Gasteiger partial charge in [0.25, 0.3) is 0 Å². The van der Waals surface area contributed by atoms with Gasteiger partial charge in [0.1, 0.15) is 0 Å². The Kier molecular flexibility index (Phi) is 9.44. The van der Waals surface area contributed by atoms with Crippen molar-refractivity contribution in [1.82, 2.24) is 0 Å². The number of aryl methyl sites for hydroxylation is 2. The Morgan fingerprint density at radius 3 is 1.60 bits per heavy atom. The molecule has 1 nitrogen and oxygen atoms in total. The molecule has 0 radical (unpaired) electrons. The van der Waals surface area contributed by atoms with Crippen molar-refractivity contribution in [3.05, 3.63) is 270 Å². The second-order valence-corrected chi connectivity index (χ2v) is 18.5. The number of nitrogens with zero attached hydrogens (tertiary/aromatic N) is 1. The molecule has 1 aliphatic carbocycles. The van der Waals surface area contributed by atoms with Crippen molar-refractivity contribution < 1.29 is 0 Å². The van der Waals surface area contributed by atoms with Crippen molar-refractivity contribution in [3.8, 4) is 44.5 Å². The van der Waals surface area contributed by atoms with E-state index < -0.39 is 5.41 Å². The molecule has 2 heteroatoms. The summed E-state index contributed by atoms with van der Waals surface area (Å²) in [4.78, 5) is 2.47. The molecule has 10 aromatic carbocycles. The van der Waals surface area contributed by atoms with Gasteiger partial charge >= 0.3 is 0 Å². The molecule has 1 heterocycles. The third-order valence-electron chi connectivity index (χ3n) is 13.5. The molecule has 0 saturated carbocycles. The predicted molar refractivity (Wildman–Crippen MR) is 277 cm³/mol. The Balaban J connectivity index is 1.06. The molecule has 0 unspecified atom stereocenters. The lowest BCUT2D eigenvalue weighted by molar-refractivity contribution is 0.767. The van der Waals surface area contributed by atoms with E-state index in [2.05, 4.69) is 255 Å². The van der Waals surface area contributed by atoms with Crippen LogP contribution in [-0.4, -0.2) is 0 Å². The van der Waals surface area contributed by atoms with Gasteiger partial charge in [-0.15, -0.1) is 11.3 Å². The summed E-state index contributed by atoms with van der Waals surface area (Å²) in [5.74, 6) is 0. The van der Waals surface area contributed by atoms with Crippen LogP contribution in [0.1, 0.15) is 33.4 Å². The third-order valence-corrected chi connectivity index (χ3v) is 14.7. The van der Waals surface area contributed by atoms with Gasteiger partial charge in [0.15, 0.2) is 0 Å². The van der Waals surface area contributed by atoms with Crippen LogP contribution in [0.15, 0.2) is 237 Å². The number of hydrogen-bond donors (Lipinski definition) is 0. The first-order chi connectivity index (χ1) is 32.0. The SMILES string of the molecule is Cc1ccc(C2(c3ccc(C)cc3)c3ccccc3-c3ccc(N(c4ccc(-c5ccc6sc7ccccc7c6c5)cc4)c4ccccc4-c4ccc(-c5ccccc5)cc4)cc32)cc1. The third kappa shape index (κ3) is 6.52. The van der Waals surface area contributed by atoms with Gasteiger partial charge in [0, 0.05) is 37.1 Å². The van der Waals surface area contributed by atoms with Crippen LogP contribution >= 0.6 is 11.3 Å². The molecule has 0 saturated heterocycles. The number of rotatable bonds is 8. The van der Waals surface area contributed by atoms with Crippen LogP contribution in [0.4, 0.5) is 17.1 Å². The first kappa shape index (κ1) is 38.9. The Hall–Kier alpha value is -7.78. The van der Waals surface area contributed by atoms with Crippen molar-refractivity contribution >= 4 is 48.6 Å². The molecule has 0 fully saturated rings. The highest BCUT2D eigenvalue weighted by molar-refractivity contribution is 7.25. The normalized spacial score (nSPS) is 12.6. The molecule has 12 rings (SSSR count). The molecule has 1 aliphatic rings. The Bertz CT molecular complexity index is 3480. The smallest absolute Gasteiger partial charge is 0.0714 e. The minimum absolute atomic E-state index is 0.532. The molecule has 65 heavy (non-hydrogen) atoms. The van der Waals surface area contributed by atoms with Crippen LogP contribution in [0.25, 0.3) is 64.7 Å². The largest absolute Gasteiger partial charge is 0.310 e. The molecule has 0 spiro atoms. The first-order valence-corrected chi connectivity index (χ1v) is 23.3. The van der Waals surface area contributed by atoms with E-state index in [0.29, 0.717) is 0 Å². The highest BCUT2D eigenvalue weighted by Crippen LogP contribution is 2.57. The molecule has 0 bridgehead atoms. The zero-order valence-corrected chi connectivity index (χ0v) is 37.2. The molecule has 0 atom stereocenters. The summed E-state index contributed by atoms with van der Waals surface area (Å²) in [6.45, 7) is 4.35. The van der Waals surface area contributed by atoms with E-state index >= 15 is 0 Å². The molecule has 0 N–H and O–H groups in total. The van der Waals surface area contributed by atoms with Crippen molar-refractivity contribution in [2.24, 2.45) is 0 Å². The van der Waals surface area contributed by atoms with E-state index in [1.807, 2.05) is 11.3 Å². The Morgan fingerprint density at radius 1 is 0.338 bits per heavy atom. The summed E-state index contributed by atoms with van der Waals surface area (Å²) < 4.78 is 2.64. The van der Waals surface area contributed by atoms with Crippen molar-refractivity contribution in [2.45, 2.75) is 19.3 Å². The summed E-state index contributed by atoms with van der Waals surface area (Å²) in [5, 5.41) is 2.63. The van der Waals surface area contributed by atoms with Gasteiger partial charge in [-0.25, -0.2) is 0 Å². The van der Waals surface area contributed by atoms with Gasteiger partial charge in [0.2, 0.25) is 0 Å². The summed E-state index contributed by atoms with van der Waals surface area (Å²) in [5.41, 5.74) is 20.1. The second kappa shape index (κ2) is 15.8. The molecule has 1 aromatic heterocycles. The molecule has 0 aliphatic heterocycles. The van der Waals surface area contributed by atoms with Crippen LogP contribution in [0.5, 0.6) is 0 Å². The summed E-state index contributed by atoms with van der Waals surface area (Å²) in [6, 6.07) is 88.0. The molecular formula is C63H45NS. The van der Waals surface area contributed by atoms with E-state index in [0.717, 1.165) is 22.6 Å². The van der Waals surface area contributed by atoms with Gasteiger partial charge in [-0.3, -0.25) is 0 Å². The van der Waals surface area contributed by atoms with E-state index in [4.69, 9.17) is 0 Å². The summed E-state index contributed by atoms with van der Waals surface area (Å²) in [6.07, 6.45) is 0. The van der Waals surface area contributed by atoms with E-state index in [1.165, 1.54) is 92.5 Å². The zero-order chi connectivity index (χ0) is 43.5. The number of benzene rings is 10. The quantitative estimate of drug-likeness (QED) is 0.147. The maximum atomic E-state index is 2.48.